The van der Waals surface area contributed by atoms with E-state index in [-0.39, 0.29) is 17.7 Å². The van der Waals surface area contributed by atoms with E-state index in [1.807, 2.05) is 0 Å². The van der Waals surface area contributed by atoms with Gasteiger partial charge >= 0.3 is 6.18 Å². The number of aromatic nitrogens is 1. The lowest BCUT2D eigenvalue weighted by Crippen LogP contribution is -2.06. The van der Waals surface area contributed by atoms with Crippen molar-refractivity contribution >= 4 is 10.9 Å². The Morgan fingerprint density at radius 3 is 2.27 bits per heavy atom. The van der Waals surface area contributed by atoms with Crippen molar-refractivity contribution in [1.29, 1.82) is 0 Å². The average molecular weight is 415 g/mol. The zero-order chi connectivity index (χ0) is 21.3. The maximum atomic E-state index is 13.8. The minimum absolute atomic E-state index is 0.151. The third-order valence-electron chi connectivity index (χ3n) is 4.67. The second-order valence-corrected chi connectivity index (χ2v) is 6.57. The molecule has 0 saturated carbocycles. The summed E-state index contributed by atoms with van der Waals surface area (Å²) < 4.78 is 73.1. The Morgan fingerprint density at radius 2 is 1.53 bits per heavy atom. The topological polar surface area (TPSA) is 22.1 Å². The van der Waals surface area contributed by atoms with Crippen molar-refractivity contribution in [2.75, 3.05) is 0 Å². The predicted molar refractivity (Wildman–Crippen MR) is 103 cm³/mol. The lowest BCUT2D eigenvalue weighted by Gasteiger charge is -2.13. The smallest absolute Gasteiger partial charge is 0.418 e. The van der Waals surface area contributed by atoms with Crippen LogP contribution in [0, 0.1) is 11.6 Å². The number of hydrogen-bond donors (Lipinski definition) is 0. The second kappa shape index (κ2) is 7.74. The quantitative estimate of drug-likeness (QED) is 0.343. The SMILES string of the molecule is Fc1cccc(F)c1COc1cccc(-c2ccnc3c(C(F)(F)F)cccc23)c1. The third kappa shape index (κ3) is 3.83. The first-order valence-corrected chi connectivity index (χ1v) is 8.95. The van der Waals surface area contributed by atoms with Gasteiger partial charge in [0.1, 0.15) is 24.0 Å². The molecule has 0 aliphatic carbocycles. The largest absolute Gasteiger partial charge is 0.489 e. The maximum absolute atomic E-state index is 13.8. The van der Waals surface area contributed by atoms with E-state index < -0.39 is 23.4 Å². The van der Waals surface area contributed by atoms with Crippen LogP contribution in [-0.2, 0) is 12.8 Å². The van der Waals surface area contributed by atoms with Gasteiger partial charge in [-0.2, -0.15) is 13.2 Å². The molecule has 0 saturated heterocycles. The highest BCUT2D eigenvalue weighted by molar-refractivity contribution is 5.96. The highest BCUT2D eigenvalue weighted by Gasteiger charge is 2.33. The molecule has 3 aromatic carbocycles. The van der Waals surface area contributed by atoms with Gasteiger partial charge in [0.05, 0.1) is 16.6 Å². The van der Waals surface area contributed by atoms with Crippen LogP contribution in [0.5, 0.6) is 5.75 Å². The number of fused-ring (bicyclic) bond motifs is 1. The molecule has 1 heterocycles. The Balaban J connectivity index is 1.70. The Bertz CT molecular complexity index is 1200. The molecule has 0 radical (unpaired) electrons. The predicted octanol–water partition coefficient (Wildman–Crippen LogP) is 6.78. The van der Waals surface area contributed by atoms with Crippen LogP contribution >= 0.6 is 0 Å². The van der Waals surface area contributed by atoms with Gasteiger partial charge < -0.3 is 4.74 Å². The van der Waals surface area contributed by atoms with Gasteiger partial charge in [-0.05, 0) is 47.5 Å². The first-order valence-electron chi connectivity index (χ1n) is 8.95. The highest BCUT2D eigenvalue weighted by Crippen LogP contribution is 2.37. The van der Waals surface area contributed by atoms with Crippen LogP contribution in [0.15, 0.2) is 72.9 Å². The van der Waals surface area contributed by atoms with Crippen LogP contribution < -0.4 is 4.74 Å². The fraction of sp³-hybridized carbons (Fsp3) is 0.0870. The summed E-state index contributed by atoms with van der Waals surface area (Å²) in [6.07, 6.45) is -3.21. The van der Waals surface area contributed by atoms with E-state index in [4.69, 9.17) is 4.74 Å². The molecule has 0 bridgehead atoms. The summed E-state index contributed by atoms with van der Waals surface area (Å²) in [6.45, 7) is -0.322. The Morgan fingerprint density at radius 1 is 0.833 bits per heavy atom. The Labute approximate surface area is 168 Å². The summed E-state index contributed by atoms with van der Waals surface area (Å²) in [7, 11) is 0. The monoisotopic (exact) mass is 415 g/mol. The summed E-state index contributed by atoms with van der Waals surface area (Å²) in [5.74, 6) is -1.11. The van der Waals surface area contributed by atoms with Gasteiger partial charge in [-0.15, -0.1) is 0 Å². The standard InChI is InChI=1S/C23H14F5NO/c24-20-8-3-9-21(25)18(20)13-30-15-5-1-4-14(12-15)16-10-11-29-22-17(16)6-2-7-19(22)23(26,27)28/h1-12H,13H2. The Hall–Kier alpha value is -3.48. The van der Waals surface area contributed by atoms with E-state index in [1.54, 1.807) is 36.4 Å². The van der Waals surface area contributed by atoms with Crippen LogP contribution in [0.25, 0.3) is 22.0 Å². The van der Waals surface area contributed by atoms with Gasteiger partial charge in [-0.25, -0.2) is 8.78 Å². The number of pyridine rings is 1. The van der Waals surface area contributed by atoms with Crippen molar-refractivity contribution in [2.45, 2.75) is 12.8 Å². The molecule has 7 heteroatoms. The minimum Gasteiger partial charge on any atom is -0.489 e. The number of nitrogens with zero attached hydrogens (tertiary/aromatic N) is 1. The molecule has 0 spiro atoms. The summed E-state index contributed by atoms with van der Waals surface area (Å²) in [5.41, 5.74) is -0.0412. The lowest BCUT2D eigenvalue weighted by molar-refractivity contribution is -0.136. The molecule has 0 N–H and O–H groups in total. The fourth-order valence-electron chi connectivity index (χ4n) is 3.24. The molecule has 0 fully saturated rings. The van der Waals surface area contributed by atoms with E-state index in [9.17, 15) is 22.0 Å². The van der Waals surface area contributed by atoms with Gasteiger partial charge in [0.15, 0.2) is 0 Å². The number of rotatable bonds is 4. The first kappa shape index (κ1) is 19.8. The van der Waals surface area contributed by atoms with E-state index in [0.29, 0.717) is 22.3 Å². The van der Waals surface area contributed by atoms with Crippen LogP contribution in [0.1, 0.15) is 11.1 Å². The lowest BCUT2D eigenvalue weighted by atomic mass is 9.99. The maximum Gasteiger partial charge on any atom is 0.418 e. The normalized spacial score (nSPS) is 11.6. The van der Waals surface area contributed by atoms with Crippen LogP contribution in [0.2, 0.25) is 0 Å². The van der Waals surface area contributed by atoms with Gasteiger partial charge in [-0.3, -0.25) is 4.98 Å². The molecular formula is C23H14F5NO. The summed E-state index contributed by atoms with van der Waals surface area (Å²) in [4.78, 5) is 3.92. The molecule has 0 unspecified atom stereocenters. The summed E-state index contributed by atoms with van der Waals surface area (Å²) in [6, 6.07) is 15.6. The van der Waals surface area contributed by atoms with Crippen LogP contribution in [0.4, 0.5) is 22.0 Å². The van der Waals surface area contributed by atoms with Crippen molar-refractivity contribution in [3.05, 3.63) is 95.7 Å². The highest BCUT2D eigenvalue weighted by atomic mass is 19.4. The van der Waals surface area contributed by atoms with Crippen molar-refractivity contribution in [1.82, 2.24) is 4.98 Å². The number of hydrogen-bond acceptors (Lipinski definition) is 2. The van der Waals surface area contributed by atoms with Crippen molar-refractivity contribution in [3.8, 4) is 16.9 Å². The van der Waals surface area contributed by atoms with E-state index >= 15 is 0 Å². The van der Waals surface area contributed by atoms with E-state index in [1.165, 1.54) is 18.3 Å². The van der Waals surface area contributed by atoms with Gasteiger partial charge in [0.2, 0.25) is 0 Å². The van der Waals surface area contributed by atoms with Gasteiger partial charge in [-0.1, -0.05) is 30.3 Å². The Kier molecular flexibility index (Phi) is 5.11. The molecule has 2 nitrogen and oxygen atoms in total. The number of alkyl halides is 3. The number of ether oxygens (including phenoxy) is 1. The molecule has 0 aliphatic heterocycles. The second-order valence-electron chi connectivity index (χ2n) is 6.57. The van der Waals surface area contributed by atoms with Crippen LogP contribution in [-0.4, -0.2) is 4.98 Å². The number of para-hydroxylation sites is 1. The molecule has 0 amide bonds. The summed E-state index contributed by atoms with van der Waals surface area (Å²) in [5, 5.41) is 0.338. The molecule has 1 aromatic heterocycles. The van der Waals surface area contributed by atoms with Crippen molar-refractivity contribution in [2.24, 2.45) is 0 Å². The fourth-order valence-corrected chi connectivity index (χ4v) is 3.24. The van der Waals surface area contributed by atoms with Gasteiger partial charge in [0.25, 0.3) is 0 Å². The molecule has 30 heavy (non-hydrogen) atoms. The van der Waals surface area contributed by atoms with E-state index in [0.717, 1.165) is 18.2 Å². The zero-order valence-corrected chi connectivity index (χ0v) is 15.4. The summed E-state index contributed by atoms with van der Waals surface area (Å²) >= 11 is 0. The zero-order valence-electron chi connectivity index (χ0n) is 15.4. The third-order valence-corrected chi connectivity index (χ3v) is 4.67. The molecule has 4 rings (SSSR count). The molecule has 0 aliphatic rings. The van der Waals surface area contributed by atoms with Crippen molar-refractivity contribution < 1.29 is 26.7 Å². The average Bonchev–Trinajstić information content (AvgIpc) is 2.72. The van der Waals surface area contributed by atoms with Crippen LogP contribution in [0.3, 0.4) is 0 Å². The molecule has 4 aromatic rings. The molecular weight excluding hydrogens is 401 g/mol. The molecule has 0 atom stereocenters. The minimum atomic E-state index is -4.53. The first-order chi connectivity index (χ1) is 14.3. The molecule has 152 valence electrons. The van der Waals surface area contributed by atoms with Crippen molar-refractivity contribution in [3.63, 3.8) is 0 Å². The number of halogens is 5. The van der Waals surface area contributed by atoms with E-state index in [2.05, 4.69) is 4.98 Å². The number of benzene rings is 3. The van der Waals surface area contributed by atoms with Gasteiger partial charge in [0, 0.05) is 11.6 Å².